The third-order valence-corrected chi connectivity index (χ3v) is 1.49. The summed E-state index contributed by atoms with van der Waals surface area (Å²) in [4.78, 5) is 0. The van der Waals surface area contributed by atoms with Gasteiger partial charge in [0, 0.05) is 12.7 Å². The second kappa shape index (κ2) is 4.85. The molecule has 2 heteroatoms. The molecule has 0 aliphatic heterocycles. The number of rotatable bonds is 3. The van der Waals surface area contributed by atoms with Gasteiger partial charge in [0.25, 0.3) is 0 Å². The number of thiol groups is 1. The van der Waals surface area contributed by atoms with Crippen LogP contribution in [-0.2, 0) is 6.54 Å². The summed E-state index contributed by atoms with van der Waals surface area (Å²) in [7, 11) is 0. The molecule has 1 nitrogen and oxygen atoms in total. The molecule has 0 bridgehead atoms. The summed E-state index contributed by atoms with van der Waals surface area (Å²) in [5, 5.41) is 4.78. The van der Waals surface area contributed by atoms with Gasteiger partial charge in [0.15, 0.2) is 0 Å². The van der Waals surface area contributed by atoms with E-state index in [2.05, 4.69) is 30.1 Å². The zero-order valence-electron chi connectivity index (χ0n) is 6.20. The minimum atomic E-state index is 0.859. The fourth-order valence-corrected chi connectivity index (χ4v) is 0.931. The Kier molecular flexibility index (Phi) is 3.62. The van der Waals surface area contributed by atoms with Gasteiger partial charge in [0.2, 0.25) is 0 Å². The van der Waals surface area contributed by atoms with Crippen molar-refractivity contribution in [1.82, 2.24) is 5.32 Å². The second-order valence-corrected chi connectivity index (χ2v) is 2.48. The predicted molar refractivity (Wildman–Crippen MR) is 51.4 cm³/mol. The van der Waals surface area contributed by atoms with Crippen LogP contribution >= 0.6 is 12.6 Å². The van der Waals surface area contributed by atoms with Crippen LogP contribution in [0.5, 0.6) is 0 Å². The van der Waals surface area contributed by atoms with E-state index in [0.717, 1.165) is 6.54 Å². The van der Waals surface area contributed by atoms with Gasteiger partial charge in [-0.1, -0.05) is 30.3 Å². The highest BCUT2D eigenvalue weighted by Crippen LogP contribution is 1.96. The first-order valence-corrected chi connectivity index (χ1v) is 4.01. The Morgan fingerprint density at radius 1 is 1.27 bits per heavy atom. The lowest BCUT2D eigenvalue weighted by Crippen LogP contribution is -2.03. The molecule has 0 aromatic heterocycles. The van der Waals surface area contributed by atoms with E-state index in [4.69, 9.17) is 0 Å². The summed E-state index contributed by atoms with van der Waals surface area (Å²) in [6, 6.07) is 10.2. The van der Waals surface area contributed by atoms with Crippen molar-refractivity contribution in [2.75, 3.05) is 0 Å². The number of nitrogens with one attached hydrogen (secondary N) is 1. The van der Waals surface area contributed by atoms with Crippen molar-refractivity contribution < 1.29 is 0 Å². The van der Waals surface area contributed by atoms with Crippen molar-refractivity contribution in [1.29, 1.82) is 0 Å². The van der Waals surface area contributed by atoms with E-state index in [1.54, 1.807) is 5.41 Å². The molecule has 0 saturated carbocycles. The molecule has 0 radical (unpaired) electrons. The Morgan fingerprint density at radius 3 is 2.64 bits per heavy atom. The summed E-state index contributed by atoms with van der Waals surface area (Å²) < 4.78 is 0. The first-order valence-electron chi connectivity index (χ1n) is 3.50. The number of benzene rings is 1. The lowest BCUT2D eigenvalue weighted by molar-refractivity contribution is 0.872. The van der Waals surface area contributed by atoms with Crippen molar-refractivity contribution in [3.63, 3.8) is 0 Å². The van der Waals surface area contributed by atoms with Crippen LogP contribution in [0.1, 0.15) is 5.56 Å². The molecule has 11 heavy (non-hydrogen) atoms. The van der Waals surface area contributed by atoms with Crippen molar-refractivity contribution in [2.24, 2.45) is 0 Å². The number of hydrogen-bond donors (Lipinski definition) is 2. The minimum Gasteiger partial charge on any atom is -0.386 e. The maximum atomic E-state index is 3.92. The van der Waals surface area contributed by atoms with Gasteiger partial charge in [-0.25, -0.2) is 0 Å². The van der Waals surface area contributed by atoms with Crippen LogP contribution < -0.4 is 5.32 Å². The Labute approximate surface area is 72.5 Å². The summed E-state index contributed by atoms with van der Waals surface area (Å²) in [5.74, 6) is 0. The molecule has 1 aromatic carbocycles. The first kappa shape index (κ1) is 8.21. The average Bonchev–Trinajstić information content (AvgIpc) is 2.07. The lowest BCUT2D eigenvalue weighted by atomic mass is 10.2. The highest BCUT2D eigenvalue weighted by molar-refractivity contribution is 7.83. The van der Waals surface area contributed by atoms with Gasteiger partial charge in [0.1, 0.15) is 0 Å². The fourth-order valence-electron chi connectivity index (χ4n) is 0.825. The molecule has 1 aromatic rings. The molecular formula is C9H11NS. The Balaban J connectivity index is 2.39. The predicted octanol–water partition coefficient (Wildman–Crippen LogP) is 2.18. The molecule has 1 N–H and O–H groups in total. The van der Waals surface area contributed by atoms with Crippen molar-refractivity contribution in [3.05, 3.63) is 47.5 Å². The molecule has 0 aliphatic rings. The molecule has 0 unspecified atom stereocenters. The van der Waals surface area contributed by atoms with Crippen LogP contribution in [0.15, 0.2) is 41.9 Å². The van der Waals surface area contributed by atoms with Gasteiger partial charge in [-0.05, 0) is 11.0 Å². The van der Waals surface area contributed by atoms with Crippen LogP contribution in [-0.4, -0.2) is 0 Å². The lowest BCUT2D eigenvalue weighted by Gasteiger charge is -1.98. The molecular weight excluding hydrogens is 154 g/mol. The van der Waals surface area contributed by atoms with Crippen LogP contribution in [0, 0.1) is 0 Å². The van der Waals surface area contributed by atoms with Crippen molar-refractivity contribution in [2.45, 2.75) is 6.54 Å². The Bertz CT molecular complexity index is 218. The molecule has 0 fully saturated rings. The van der Waals surface area contributed by atoms with Gasteiger partial charge >= 0.3 is 0 Å². The second-order valence-electron chi connectivity index (χ2n) is 2.18. The van der Waals surface area contributed by atoms with Crippen LogP contribution in [0.4, 0.5) is 0 Å². The van der Waals surface area contributed by atoms with Crippen LogP contribution in [0.3, 0.4) is 0 Å². The molecule has 58 valence electrons. The van der Waals surface area contributed by atoms with E-state index in [9.17, 15) is 0 Å². The van der Waals surface area contributed by atoms with E-state index in [-0.39, 0.29) is 0 Å². The van der Waals surface area contributed by atoms with Gasteiger partial charge in [-0.3, -0.25) is 0 Å². The van der Waals surface area contributed by atoms with Crippen molar-refractivity contribution >= 4 is 12.6 Å². The average molecular weight is 165 g/mol. The van der Waals surface area contributed by atoms with Crippen molar-refractivity contribution in [3.8, 4) is 0 Å². The third kappa shape index (κ3) is 3.14. The monoisotopic (exact) mass is 165 g/mol. The summed E-state index contributed by atoms with van der Waals surface area (Å²) >= 11 is 3.92. The normalized spacial score (nSPS) is 10.3. The molecule has 0 saturated heterocycles. The molecule has 1 rings (SSSR count). The highest BCUT2D eigenvalue weighted by Gasteiger charge is 1.84. The van der Waals surface area contributed by atoms with Gasteiger partial charge in [-0.15, -0.1) is 12.6 Å². The van der Waals surface area contributed by atoms with Gasteiger partial charge < -0.3 is 5.32 Å². The van der Waals surface area contributed by atoms with E-state index in [1.807, 2.05) is 24.4 Å². The van der Waals surface area contributed by atoms with E-state index in [0.29, 0.717) is 0 Å². The smallest absolute Gasteiger partial charge is 0.0395 e. The standard InChI is InChI=1S/C9H11NS/c11-7-6-10-8-9-4-2-1-3-5-9/h1-7,10-11H,8H2/b7-6-. The molecule has 0 atom stereocenters. The number of hydrogen-bond acceptors (Lipinski definition) is 2. The SMILES string of the molecule is S/C=C\NCc1ccccc1. The minimum absolute atomic E-state index is 0.859. The zero-order chi connectivity index (χ0) is 7.94. The van der Waals surface area contributed by atoms with E-state index >= 15 is 0 Å². The quantitative estimate of drug-likeness (QED) is 0.654. The summed E-state index contributed by atoms with van der Waals surface area (Å²) in [6.45, 7) is 0.859. The molecule has 0 spiro atoms. The molecule has 0 amide bonds. The fraction of sp³-hybridized carbons (Fsp3) is 0.111. The topological polar surface area (TPSA) is 12.0 Å². The highest BCUT2D eigenvalue weighted by atomic mass is 32.1. The summed E-state index contributed by atoms with van der Waals surface area (Å²) in [5.41, 5.74) is 1.28. The zero-order valence-corrected chi connectivity index (χ0v) is 7.09. The van der Waals surface area contributed by atoms with Crippen LogP contribution in [0.2, 0.25) is 0 Å². The third-order valence-electron chi connectivity index (χ3n) is 1.34. The van der Waals surface area contributed by atoms with E-state index in [1.165, 1.54) is 5.56 Å². The largest absolute Gasteiger partial charge is 0.386 e. The first-order chi connectivity index (χ1) is 5.43. The maximum Gasteiger partial charge on any atom is 0.0395 e. The molecule has 0 aliphatic carbocycles. The summed E-state index contributed by atoms with van der Waals surface area (Å²) in [6.07, 6.45) is 1.82. The van der Waals surface area contributed by atoms with Gasteiger partial charge in [-0.2, -0.15) is 0 Å². The Morgan fingerprint density at radius 2 is 2.00 bits per heavy atom. The van der Waals surface area contributed by atoms with Gasteiger partial charge in [0.05, 0.1) is 0 Å². The van der Waals surface area contributed by atoms with Crippen LogP contribution in [0.25, 0.3) is 0 Å². The maximum absolute atomic E-state index is 3.92. The van der Waals surface area contributed by atoms with E-state index < -0.39 is 0 Å². The Hall–Kier alpha value is -0.890. The molecule has 0 heterocycles.